The number of rotatable bonds is 8. The Balaban J connectivity index is 2.28. The first-order valence-corrected chi connectivity index (χ1v) is 7.82. The van der Waals surface area contributed by atoms with Crippen LogP contribution in [0, 0.1) is 5.13 Å². The fraction of sp³-hybridized carbons (Fsp3) is 0.200. The number of hydrogen-bond acceptors (Lipinski definition) is 6. The van der Waals surface area contributed by atoms with Gasteiger partial charge in [0, 0.05) is 12.6 Å². The van der Waals surface area contributed by atoms with E-state index in [9.17, 15) is 9.18 Å². The summed E-state index contributed by atoms with van der Waals surface area (Å²) in [6, 6.07) is 5.94. The summed E-state index contributed by atoms with van der Waals surface area (Å²) in [4.78, 5) is 14.3. The molecule has 8 heteroatoms. The second-order valence-electron chi connectivity index (χ2n) is 4.60. The minimum Gasteiger partial charge on any atom is -0.296 e. The zero-order valence-electron chi connectivity index (χ0n) is 12.8. The number of carbonyl (C=O) groups is 1. The van der Waals surface area contributed by atoms with Gasteiger partial charge in [-0.25, -0.2) is 4.98 Å². The largest absolute Gasteiger partial charge is 0.296 e. The molecule has 0 unspecified atom stereocenters. The molecule has 6 nitrogen and oxygen atoms in total. The summed E-state index contributed by atoms with van der Waals surface area (Å²) in [6.07, 6.45) is 6.29. The van der Waals surface area contributed by atoms with E-state index >= 15 is 0 Å². The van der Waals surface area contributed by atoms with Crippen LogP contribution in [0.25, 0.3) is 12.2 Å². The Labute approximate surface area is 137 Å². The Morgan fingerprint density at radius 2 is 2.22 bits per heavy atom. The van der Waals surface area contributed by atoms with Crippen molar-refractivity contribution in [1.82, 2.24) is 21.5 Å². The molecular weight excluding hydrogens is 317 g/mol. The number of amides is 1. The van der Waals surface area contributed by atoms with Crippen molar-refractivity contribution in [2.24, 2.45) is 0 Å². The van der Waals surface area contributed by atoms with Crippen LogP contribution in [-0.4, -0.2) is 18.4 Å². The van der Waals surface area contributed by atoms with E-state index in [2.05, 4.69) is 28.4 Å². The summed E-state index contributed by atoms with van der Waals surface area (Å²) < 4.78 is 13.0. The lowest BCUT2D eigenvalue weighted by Gasteiger charge is -2.23. The summed E-state index contributed by atoms with van der Waals surface area (Å²) in [5, 5.41) is 2.03. The molecule has 3 N–H and O–H groups in total. The molecule has 0 saturated heterocycles. The molecule has 2 rings (SSSR count). The van der Waals surface area contributed by atoms with Crippen molar-refractivity contribution in [2.45, 2.75) is 13.3 Å². The van der Waals surface area contributed by atoms with E-state index in [0.717, 1.165) is 34.6 Å². The molecular formula is C15H18FN5OS. The SMILES string of the molecule is CCc1cccc(N(C)NNNC=O)c1/C=C/c1ncc(F)s1. The first-order valence-electron chi connectivity index (χ1n) is 7.00. The Morgan fingerprint density at radius 3 is 2.87 bits per heavy atom. The van der Waals surface area contributed by atoms with Crippen LogP contribution < -0.4 is 21.5 Å². The predicted octanol–water partition coefficient (Wildman–Crippen LogP) is 2.12. The van der Waals surface area contributed by atoms with Crippen LogP contribution >= 0.6 is 11.3 Å². The number of benzene rings is 1. The number of thiazole rings is 1. The number of anilines is 1. The van der Waals surface area contributed by atoms with Gasteiger partial charge in [0.1, 0.15) is 5.01 Å². The molecule has 1 aromatic heterocycles. The van der Waals surface area contributed by atoms with Crippen molar-refractivity contribution in [3.05, 3.63) is 45.7 Å². The molecule has 1 amide bonds. The molecule has 0 atom stereocenters. The summed E-state index contributed by atoms with van der Waals surface area (Å²) in [5.74, 6) is 0. The monoisotopic (exact) mass is 335 g/mol. The highest BCUT2D eigenvalue weighted by Crippen LogP contribution is 2.25. The zero-order valence-corrected chi connectivity index (χ0v) is 13.7. The van der Waals surface area contributed by atoms with Gasteiger partial charge in [-0.2, -0.15) is 15.5 Å². The predicted molar refractivity (Wildman–Crippen MR) is 90.7 cm³/mol. The third-order valence-electron chi connectivity index (χ3n) is 3.16. The number of nitrogens with one attached hydrogen (secondary N) is 3. The third kappa shape index (κ3) is 4.59. The van der Waals surface area contributed by atoms with E-state index in [1.54, 1.807) is 11.1 Å². The van der Waals surface area contributed by atoms with Crippen LogP contribution in [0.1, 0.15) is 23.1 Å². The Bertz CT molecular complexity index is 688. The lowest BCUT2D eigenvalue weighted by Crippen LogP contribution is -2.51. The Morgan fingerprint density at radius 1 is 1.39 bits per heavy atom. The van der Waals surface area contributed by atoms with Crippen molar-refractivity contribution in [1.29, 1.82) is 0 Å². The van der Waals surface area contributed by atoms with Crippen LogP contribution in [-0.2, 0) is 11.2 Å². The van der Waals surface area contributed by atoms with E-state index in [0.29, 0.717) is 11.4 Å². The number of aromatic nitrogens is 1. The van der Waals surface area contributed by atoms with E-state index in [-0.39, 0.29) is 5.13 Å². The topological polar surface area (TPSA) is 69.3 Å². The molecule has 0 aliphatic carbocycles. The van der Waals surface area contributed by atoms with Crippen molar-refractivity contribution < 1.29 is 9.18 Å². The van der Waals surface area contributed by atoms with E-state index < -0.39 is 0 Å². The maximum Gasteiger partial charge on any atom is 0.222 e. The molecule has 0 spiro atoms. The second-order valence-corrected chi connectivity index (χ2v) is 5.61. The van der Waals surface area contributed by atoms with Gasteiger partial charge in [-0.15, -0.1) is 0 Å². The normalized spacial score (nSPS) is 10.9. The van der Waals surface area contributed by atoms with Gasteiger partial charge in [0.15, 0.2) is 5.13 Å². The number of aryl methyl sites for hydroxylation is 1. The standard InChI is InChI=1S/C15H18FN5OS/c1-3-11-5-4-6-13(21(2)20-19-18-10-22)12(11)7-8-15-17-9-14(16)23-15/h4-10,19-20H,3H2,1-2H3,(H,18,22)/b8-7+. The van der Waals surface area contributed by atoms with Gasteiger partial charge >= 0.3 is 0 Å². The lowest BCUT2D eigenvalue weighted by atomic mass is 10.0. The van der Waals surface area contributed by atoms with E-state index in [1.807, 2.05) is 31.3 Å². The van der Waals surface area contributed by atoms with E-state index in [4.69, 9.17) is 0 Å². The maximum absolute atomic E-state index is 13.0. The number of hydrazine groups is 3. The Kier molecular flexibility index (Phi) is 6.21. The van der Waals surface area contributed by atoms with Gasteiger partial charge in [0.05, 0.1) is 11.9 Å². The summed E-state index contributed by atoms with van der Waals surface area (Å²) in [6.45, 7) is 2.07. The summed E-state index contributed by atoms with van der Waals surface area (Å²) in [5.41, 5.74) is 10.7. The molecule has 1 aromatic carbocycles. The molecule has 0 aliphatic heterocycles. The van der Waals surface area contributed by atoms with Crippen LogP contribution in [0.3, 0.4) is 0 Å². The van der Waals surface area contributed by atoms with Gasteiger partial charge in [-0.1, -0.05) is 30.4 Å². The molecule has 23 heavy (non-hydrogen) atoms. The fourth-order valence-electron chi connectivity index (χ4n) is 2.10. The smallest absolute Gasteiger partial charge is 0.222 e. The van der Waals surface area contributed by atoms with Gasteiger partial charge in [-0.05, 0) is 30.2 Å². The molecule has 2 aromatic rings. The van der Waals surface area contributed by atoms with Crippen molar-refractivity contribution in [2.75, 3.05) is 12.1 Å². The van der Waals surface area contributed by atoms with Gasteiger partial charge in [-0.3, -0.25) is 15.2 Å². The third-order valence-corrected chi connectivity index (χ3v) is 3.91. The molecule has 122 valence electrons. The van der Waals surface area contributed by atoms with Crippen LogP contribution in [0.2, 0.25) is 0 Å². The van der Waals surface area contributed by atoms with Crippen LogP contribution in [0.5, 0.6) is 0 Å². The number of nitrogens with zero attached hydrogens (tertiary/aromatic N) is 2. The zero-order chi connectivity index (χ0) is 16.7. The highest BCUT2D eigenvalue weighted by atomic mass is 32.1. The first kappa shape index (κ1) is 17.1. The number of halogens is 1. The van der Waals surface area contributed by atoms with E-state index in [1.165, 1.54) is 6.20 Å². The molecule has 0 radical (unpaired) electrons. The fourth-order valence-corrected chi connectivity index (χ4v) is 2.64. The average Bonchev–Trinajstić information content (AvgIpc) is 2.98. The summed E-state index contributed by atoms with van der Waals surface area (Å²) >= 11 is 0.997. The van der Waals surface area contributed by atoms with Gasteiger partial charge in [0.2, 0.25) is 6.41 Å². The quantitative estimate of drug-likeness (QED) is 0.392. The first-order chi connectivity index (χ1) is 11.2. The molecule has 0 fully saturated rings. The second kappa shape index (κ2) is 8.37. The van der Waals surface area contributed by atoms with Crippen LogP contribution in [0.15, 0.2) is 24.4 Å². The molecule has 0 aliphatic rings. The minimum atomic E-state index is -0.309. The minimum absolute atomic E-state index is 0.309. The van der Waals surface area contributed by atoms with Crippen LogP contribution in [0.4, 0.5) is 10.1 Å². The highest BCUT2D eigenvalue weighted by molar-refractivity contribution is 7.10. The highest BCUT2D eigenvalue weighted by Gasteiger charge is 2.09. The number of carbonyl (C=O) groups excluding carboxylic acids is 1. The van der Waals surface area contributed by atoms with Gasteiger partial charge < -0.3 is 0 Å². The maximum atomic E-state index is 13.0. The van der Waals surface area contributed by atoms with Crippen molar-refractivity contribution in [3.63, 3.8) is 0 Å². The molecule has 0 bridgehead atoms. The lowest BCUT2D eigenvalue weighted by molar-refractivity contribution is -0.110. The molecule has 1 heterocycles. The van der Waals surface area contributed by atoms with Crippen molar-refractivity contribution >= 4 is 35.6 Å². The van der Waals surface area contributed by atoms with Crippen molar-refractivity contribution in [3.8, 4) is 0 Å². The Hall–Kier alpha value is -2.29. The average molecular weight is 335 g/mol. The van der Waals surface area contributed by atoms with Gasteiger partial charge in [0.25, 0.3) is 0 Å². The number of hydrogen-bond donors (Lipinski definition) is 3. The summed E-state index contributed by atoms with van der Waals surface area (Å²) in [7, 11) is 1.81. The molecule has 0 saturated carbocycles.